The summed E-state index contributed by atoms with van der Waals surface area (Å²) in [6.45, 7) is 9.73. The van der Waals surface area contributed by atoms with Gasteiger partial charge in [-0.2, -0.15) is 0 Å². The fourth-order valence-corrected chi connectivity index (χ4v) is 2.57. The molecule has 0 radical (unpaired) electrons. The van der Waals surface area contributed by atoms with Gasteiger partial charge in [-0.15, -0.1) is 6.58 Å². The van der Waals surface area contributed by atoms with Gasteiger partial charge in [0.05, 0.1) is 0 Å². The zero-order valence-corrected chi connectivity index (χ0v) is 10.1. The predicted molar refractivity (Wildman–Crippen MR) is 59.3 cm³/mol. The monoisotopic (exact) mass is 225 g/mol. The Bertz CT molecular complexity index is 334. The third kappa shape index (κ3) is 1.33. The molecule has 0 spiro atoms. The third-order valence-electron chi connectivity index (χ3n) is 3.47. The Morgan fingerprint density at radius 3 is 2.75 bits per heavy atom. The largest absolute Gasteiger partial charge is 0.366 e. The summed E-state index contributed by atoms with van der Waals surface area (Å²) in [5.74, 6) is 0.0383. The van der Waals surface area contributed by atoms with Crippen LogP contribution in [0.3, 0.4) is 0 Å². The van der Waals surface area contributed by atoms with Crippen LogP contribution in [0.25, 0.3) is 0 Å². The van der Waals surface area contributed by atoms with Crippen molar-refractivity contribution in [2.24, 2.45) is 5.41 Å². The average molecular weight is 225 g/mol. The molecule has 0 aromatic rings. The predicted octanol–water partition coefficient (Wildman–Crippen LogP) is 1.25. The van der Waals surface area contributed by atoms with E-state index < -0.39 is 11.8 Å². The van der Waals surface area contributed by atoms with E-state index in [2.05, 4.69) is 6.58 Å². The topological polar surface area (TPSA) is 49.8 Å². The highest BCUT2D eigenvalue weighted by Gasteiger charge is 2.60. The minimum absolute atomic E-state index is 0.0383. The van der Waals surface area contributed by atoms with Crippen LogP contribution in [0.2, 0.25) is 0 Å². The number of ether oxygens (including phenoxy) is 1. The van der Waals surface area contributed by atoms with Crippen molar-refractivity contribution < 1.29 is 14.6 Å². The van der Waals surface area contributed by atoms with E-state index in [-0.39, 0.29) is 17.6 Å². The normalized spacial score (nSPS) is 39.0. The van der Waals surface area contributed by atoms with Crippen molar-refractivity contribution in [3.8, 4) is 0 Å². The first kappa shape index (κ1) is 11.6. The number of hydrogen-bond donors (Lipinski definition) is 1. The van der Waals surface area contributed by atoms with E-state index in [0.717, 1.165) is 0 Å². The maximum atomic E-state index is 11.9. The fourth-order valence-electron chi connectivity index (χ4n) is 2.57. The molecule has 2 saturated heterocycles. The molecule has 2 aliphatic heterocycles. The number of carbonyl (C=O) groups excluding carboxylic acids is 1. The quantitative estimate of drug-likeness (QED) is 0.683. The Kier molecular flexibility index (Phi) is 2.40. The molecule has 0 bridgehead atoms. The van der Waals surface area contributed by atoms with Gasteiger partial charge in [-0.1, -0.05) is 26.8 Å². The molecule has 1 amide bonds. The zero-order valence-electron chi connectivity index (χ0n) is 10.1. The molecule has 2 rings (SSSR count). The molecule has 16 heavy (non-hydrogen) atoms. The van der Waals surface area contributed by atoms with Crippen LogP contribution in [-0.2, 0) is 9.53 Å². The van der Waals surface area contributed by atoms with Crippen LogP contribution in [0.15, 0.2) is 12.7 Å². The number of aliphatic hydroxyl groups is 1. The van der Waals surface area contributed by atoms with Crippen LogP contribution < -0.4 is 0 Å². The van der Waals surface area contributed by atoms with Gasteiger partial charge in [0.2, 0.25) is 5.91 Å². The summed E-state index contributed by atoms with van der Waals surface area (Å²) in [6, 6.07) is 0. The Labute approximate surface area is 95.9 Å². The highest BCUT2D eigenvalue weighted by Crippen LogP contribution is 2.47. The molecule has 90 valence electrons. The van der Waals surface area contributed by atoms with Gasteiger partial charge in [0.15, 0.2) is 6.29 Å². The first-order valence-electron chi connectivity index (χ1n) is 5.62. The van der Waals surface area contributed by atoms with Crippen LogP contribution in [-0.4, -0.2) is 34.0 Å². The van der Waals surface area contributed by atoms with Crippen molar-refractivity contribution in [2.75, 3.05) is 0 Å². The molecule has 0 aromatic carbocycles. The number of aliphatic hydroxyl groups excluding tert-OH is 1. The van der Waals surface area contributed by atoms with Crippen molar-refractivity contribution in [1.29, 1.82) is 0 Å². The lowest BCUT2D eigenvalue weighted by molar-refractivity contribution is -0.153. The Morgan fingerprint density at radius 1 is 1.62 bits per heavy atom. The summed E-state index contributed by atoms with van der Waals surface area (Å²) < 4.78 is 5.55. The molecule has 3 atom stereocenters. The number of rotatable bonds is 1. The van der Waals surface area contributed by atoms with E-state index in [0.29, 0.717) is 12.8 Å². The minimum Gasteiger partial charge on any atom is -0.366 e. The van der Waals surface area contributed by atoms with E-state index in [9.17, 15) is 9.90 Å². The minimum atomic E-state index is -0.958. The van der Waals surface area contributed by atoms with Crippen LogP contribution in [0.4, 0.5) is 0 Å². The van der Waals surface area contributed by atoms with Gasteiger partial charge in [0.1, 0.15) is 11.8 Å². The van der Waals surface area contributed by atoms with Crippen molar-refractivity contribution in [1.82, 2.24) is 4.90 Å². The Balaban J connectivity index is 2.42. The molecule has 0 saturated carbocycles. The standard InChI is InChI=1S/C12H19NO3/c1-5-12-7-6-8(14)13(12)9(11(2,3)4)16-10(12)15/h5,9-10,15H,1,6-7H2,2-4H3/t9-,10-,12+/m1/s1. The summed E-state index contributed by atoms with van der Waals surface area (Å²) in [4.78, 5) is 13.6. The highest BCUT2D eigenvalue weighted by molar-refractivity contribution is 5.81. The lowest BCUT2D eigenvalue weighted by Crippen LogP contribution is -2.50. The molecule has 2 heterocycles. The SMILES string of the molecule is C=C[C@@]12CCC(=O)N1[C@@H](C(C)(C)C)O[C@H]2O. The van der Waals surface area contributed by atoms with Gasteiger partial charge in [-0.25, -0.2) is 0 Å². The summed E-state index contributed by atoms with van der Waals surface area (Å²) in [7, 11) is 0. The molecule has 2 aliphatic rings. The van der Waals surface area contributed by atoms with E-state index in [1.54, 1.807) is 11.0 Å². The molecular weight excluding hydrogens is 206 g/mol. The van der Waals surface area contributed by atoms with Crippen LogP contribution in [0.1, 0.15) is 33.6 Å². The van der Waals surface area contributed by atoms with Gasteiger partial charge in [0.25, 0.3) is 0 Å². The maximum absolute atomic E-state index is 11.9. The number of amides is 1. The molecule has 0 aliphatic carbocycles. The molecule has 0 aromatic heterocycles. The van der Waals surface area contributed by atoms with Crippen LogP contribution >= 0.6 is 0 Å². The smallest absolute Gasteiger partial charge is 0.225 e. The van der Waals surface area contributed by atoms with Crippen molar-refractivity contribution >= 4 is 5.91 Å². The number of carbonyl (C=O) groups is 1. The summed E-state index contributed by atoms with van der Waals surface area (Å²) in [5, 5.41) is 10.0. The molecule has 4 nitrogen and oxygen atoms in total. The second-order valence-corrected chi connectivity index (χ2v) is 5.67. The van der Waals surface area contributed by atoms with Crippen molar-refractivity contribution in [3.63, 3.8) is 0 Å². The molecule has 4 heteroatoms. The Morgan fingerprint density at radius 2 is 2.25 bits per heavy atom. The fraction of sp³-hybridized carbons (Fsp3) is 0.750. The van der Waals surface area contributed by atoms with Crippen molar-refractivity contribution in [3.05, 3.63) is 12.7 Å². The van der Waals surface area contributed by atoms with Gasteiger partial charge in [-0.05, 0) is 6.42 Å². The second-order valence-electron chi connectivity index (χ2n) is 5.67. The summed E-state index contributed by atoms with van der Waals surface area (Å²) >= 11 is 0. The number of fused-ring (bicyclic) bond motifs is 1. The summed E-state index contributed by atoms with van der Waals surface area (Å²) in [5.41, 5.74) is -0.930. The van der Waals surface area contributed by atoms with Gasteiger partial charge >= 0.3 is 0 Å². The molecular formula is C12H19NO3. The average Bonchev–Trinajstić information content (AvgIpc) is 2.65. The van der Waals surface area contributed by atoms with Gasteiger partial charge in [-0.3, -0.25) is 4.79 Å². The van der Waals surface area contributed by atoms with Crippen LogP contribution in [0, 0.1) is 5.41 Å². The van der Waals surface area contributed by atoms with Gasteiger partial charge < -0.3 is 14.7 Å². The van der Waals surface area contributed by atoms with E-state index >= 15 is 0 Å². The van der Waals surface area contributed by atoms with E-state index in [1.165, 1.54) is 0 Å². The maximum Gasteiger partial charge on any atom is 0.225 e. The van der Waals surface area contributed by atoms with Crippen LogP contribution in [0.5, 0.6) is 0 Å². The number of hydrogen-bond acceptors (Lipinski definition) is 3. The van der Waals surface area contributed by atoms with Gasteiger partial charge in [0, 0.05) is 11.8 Å². The Hall–Kier alpha value is -0.870. The highest BCUT2D eigenvalue weighted by atomic mass is 16.6. The summed E-state index contributed by atoms with van der Waals surface area (Å²) in [6.07, 6.45) is 1.35. The molecule has 0 unspecified atom stereocenters. The number of nitrogens with zero attached hydrogens (tertiary/aromatic N) is 1. The third-order valence-corrected chi connectivity index (χ3v) is 3.47. The van der Waals surface area contributed by atoms with Crippen molar-refractivity contribution in [2.45, 2.75) is 51.7 Å². The zero-order chi connectivity index (χ0) is 12.1. The first-order chi connectivity index (χ1) is 7.33. The second kappa shape index (κ2) is 3.31. The lowest BCUT2D eigenvalue weighted by Gasteiger charge is -2.36. The van der Waals surface area contributed by atoms with E-state index in [4.69, 9.17) is 4.74 Å². The molecule has 1 N–H and O–H groups in total. The first-order valence-corrected chi connectivity index (χ1v) is 5.62. The lowest BCUT2D eigenvalue weighted by atomic mass is 9.91. The molecule has 2 fully saturated rings. The van der Waals surface area contributed by atoms with E-state index in [1.807, 2.05) is 20.8 Å².